The minimum atomic E-state index is -4.08. The lowest BCUT2D eigenvalue weighted by molar-refractivity contribution is -0.143. The summed E-state index contributed by atoms with van der Waals surface area (Å²) in [5, 5.41) is 0.388. The quantitative estimate of drug-likeness (QED) is 0.237. The predicted molar refractivity (Wildman–Crippen MR) is 97.7 cm³/mol. The summed E-state index contributed by atoms with van der Waals surface area (Å²) in [7, 11) is -1.84. The molecule has 0 bridgehead atoms. The molecule has 0 heterocycles. The second-order valence-electron chi connectivity index (χ2n) is 5.11. The average Bonchev–Trinajstić information content (AvgIpc) is 2.65. The van der Waals surface area contributed by atoms with Crippen molar-refractivity contribution in [1.82, 2.24) is 0 Å². The van der Waals surface area contributed by atoms with Crippen molar-refractivity contribution < 1.29 is 31.7 Å². The topological polar surface area (TPSA) is 96.0 Å². The summed E-state index contributed by atoms with van der Waals surface area (Å²) in [4.78, 5) is 23.4. The number of carbonyl (C=O) groups is 2. The van der Waals surface area contributed by atoms with E-state index in [1.54, 1.807) is 6.07 Å². The maximum atomic E-state index is 12.3. The molecular formula is C18H15ClO7S. The van der Waals surface area contributed by atoms with E-state index in [1.807, 2.05) is 0 Å². The minimum Gasteiger partial charge on any atom is -0.465 e. The summed E-state index contributed by atoms with van der Waals surface area (Å²) >= 11 is 5.75. The highest BCUT2D eigenvalue weighted by Crippen LogP contribution is 2.22. The van der Waals surface area contributed by atoms with E-state index in [0.29, 0.717) is 10.6 Å². The van der Waals surface area contributed by atoms with Gasteiger partial charge in [0.15, 0.2) is 0 Å². The molecule has 0 aliphatic rings. The van der Waals surface area contributed by atoms with Crippen molar-refractivity contribution in [1.29, 1.82) is 0 Å². The van der Waals surface area contributed by atoms with Gasteiger partial charge < -0.3 is 13.7 Å². The molecule has 0 aromatic heterocycles. The second-order valence-corrected chi connectivity index (χ2v) is 7.09. The van der Waals surface area contributed by atoms with Gasteiger partial charge in [0.1, 0.15) is 16.2 Å². The zero-order valence-corrected chi connectivity index (χ0v) is 15.9. The first-order valence-electron chi connectivity index (χ1n) is 7.45. The number of rotatable bonds is 6. The smallest absolute Gasteiger partial charge is 0.345 e. The van der Waals surface area contributed by atoms with Crippen LogP contribution in [0.4, 0.5) is 0 Å². The monoisotopic (exact) mass is 410 g/mol. The van der Waals surface area contributed by atoms with Gasteiger partial charge in [-0.1, -0.05) is 23.7 Å². The second kappa shape index (κ2) is 8.70. The first-order chi connectivity index (χ1) is 12.8. The molecule has 0 fully saturated rings. The molecule has 0 N–H and O–H groups in total. The molecule has 0 unspecified atom stereocenters. The normalized spacial score (nSPS) is 10.6. The van der Waals surface area contributed by atoms with E-state index >= 15 is 0 Å². The number of hydrogen-bond donors (Lipinski definition) is 0. The third kappa shape index (κ3) is 5.32. The molecule has 2 rings (SSSR count). The molecule has 142 valence electrons. The molecule has 0 saturated heterocycles. The van der Waals surface area contributed by atoms with Gasteiger partial charge in [0.25, 0.3) is 0 Å². The lowest BCUT2D eigenvalue weighted by atomic mass is 10.1. The first-order valence-corrected chi connectivity index (χ1v) is 9.24. The Morgan fingerprint density at radius 2 is 1.56 bits per heavy atom. The van der Waals surface area contributed by atoms with E-state index in [9.17, 15) is 18.0 Å². The van der Waals surface area contributed by atoms with Crippen LogP contribution >= 0.6 is 11.6 Å². The Balaban J connectivity index is 2.34. The van der Waals surface area contributed by atoms with Crippen LogP contribution < -0.4 is 4.18 Å². The molecule has 0 aliphatic carbocycles. The standard InChI is InChI=1S/C18H15ClO7S/c1-24-17(20)16(18(21)25-2)11-12-4-3-5-14(10-12)26-27(22,23)15-8-6-13(19)7-9-15/h3-11H,1-2H3. The van der Waals surface area contributed by atoms with Gasteiger partial charge in [-0.25, -0.2) is 9.59 Å². The van der Waals surface area contributed by atoms with Crippen LogP contribution in [0.2, 0.25) is 5.02 Å². The fourth-order valence-electron chi connectivity index (χ4n) is 2.02. The van der Waals surface area contributed by atoms with Gasteiger partial charge in [-0.2, -0.15) is 8.42 Å². The largest absolute Gasteiger partial charge is 0.465 e. The summed E-state index contributed by atoms with van der Waals surface area (Å²) in [6.07, 6.45) is 1.21. The minimum absolute atomic E-state index is 0.00668. The lowest BCUT2D eigenvalue weighted by Crippen LogP contribution is -2.15. The Bertz CT molecular complexity index is 961. The summed E-state index contributed by atoms with van der Waals surface area (Å²) < 4.78 is 38.8. The fraction of sp³-hybridized carbons (Fsp3) is 0.111. The van der Waals surface area contributed by atoms with E-state index < -0.39 is 22.1 Å². The molecule has 7 nitrogen and oxygen atoms in total. The van der Waals surface area contributed by atoms with Gasteiger partial charge in [0.05, 0.1) is 14.2 Å². The van der Waals surface area contributed by atoms with Crippen molar-refractivity contribution in [3.05, 3.63) is 64.7 Å². The van der Waals surface area contributed by atoms with Crippen molar-refractivity contribution in [3.63, 3.8) is 0 Å². The maximum Gasteiger partial charge on any atom is 0.345 e. The van der Waals surface area contributed by atoms with Crippen molar-refractivity contribution in [2.24, 2.45) is 0 Å². The molecule has 2 aromatic rings. The Kier molecular flexibility index (Phi) is 6.59. The van der Waals surface area contributed by atoms with Crippen molar-refractivity contribution in [2.75, 3.05) is 14.2 Å². The van der Waals surface area contributed by atoms with Crippen LogP contribution in [0.25, 0.3) is 6.08 Å². The summed E-state index contributed by atoms with van der Waals surface area (Å²) in [5.41, 5.74) is -0.0117. The average molecular weight is 411 g/mol. The molecule has 9 heteroatoms. The molecule has 27 heavy (non-hydrogen) atoms. The molecule has 2 aromatic carbocycles. The van der Waals surface area contributed by atoms with Crippen molar-refractivity contribution in [3.8, 4) is 5.75 Å². The Labute approximate surface area is 161 Å². The van der Waals surface area contributed by atoms with Gasteiger partial charge in [0.2, 0.25) is 0 Å². The number of hydrogen-bond acceptors (Lipinski definition) is 7. The zero-order valence-electron chi connectivity index (χ0n) is 14.3. The van der Waals surface area contributed by atoms with Crippen LogP contribution in [-0.4, -0.2) is 34.6 Å². The molecule has 0 radical (unpaired) electrons. The number of carbonyl (C=O) groups excluding carboxylic acids is 2. The van der Waals surface area contributed by atoms with Crippen LogP contribution in [0.15, 0.2) is 59.0 Å². The van der Waals surface area contributed by atoms with Crippen LogP contribution in [0.1, 0.15) is 5.56 Å². The SMILES string of the molecule is COC(=O)C(=Cc1cccc(OS(=O)(=O)c2ccc(Cl)cc2)c1)C(=O)OC. The van der Waals surface area contributed by atoms with Gasteiger partial charge in [-0.05, 0) is 48.0 Å². The third-order valence-electron chi connectivity index (χ3n) is 3.29. The lowest BCUT2D eigenvalue weighted by Gasteiger charge is -2.08. The van der Waals surface area contributed by atoms with Gasteiger partial charge in [-0.15, -0.1) is 0 Å². The number of ether oxygens (including phenoxy) is 2. The zero-order chi connectivity index (χ0) is 20.0. The third-order valence-corrected chi connectivity index (χ3v) is 4.80. The molecule has 0 atom stereocenters. The number of esters is 2. The highest BCUT2D eigenvalue weighted by atomic mass is 35.5. The molecular weight excluding hydrogens is 396 g/mol. The van der Waals surface area contributed by atoms with E-state index in [4.69, 9.17) is 15.8 Å². The van der Waals surface area contributed by atoms with Crippen LogP contribution in [0.5, 0.6) is 5.75 Å². The Hall–Kier alpha value is -2.84. The van der Waals surface area contributed by atoms with Crippen LogP contribution in [-0.2, 0) is 29.2 Å². The van der Waals surface area contributed by atoms with Gasteiger partial charge >= 0.3 is 22.1 Å². The fourth-order valence-corrected chi connectivity index (χ4v) is 3.07. The van der Waals surface area contributed by atoms with Crippen LogP contribution in [0, 0.1) is 0 Å². The predicted octanol–water partition coefficient (Wildman–Crippen LogP) is 2.84. The molecule has 0 saturated carbocycles. The van der Waals surface area contributed by atoms with Crippen molar-refractivity contribution in [2.45, 2.75) is 4.90 Å². The summed E-state index contributed by atoms with van der Waals surface area (Å²) in [5.74, 6) is -1.78. The van der Waals surface area contributed by atoms with Gasteiger partial charge in [-0.3, -0.25) is 0 Å². The van der Waals surface area contributed by atoms with E-state index in [2.05, 4.69) is 9.47 Å². The highest BCUT2D eigenvalue weighted by molar-refractivity contribution is 7.87. The Morgan fingerprint density at radius 1 is 0.963 bits per heavy atom. The maximum absolute atomic E-state index is 12.3. The van der Waals surface area contributed by atoms with Crippen molar-refractivity contribution >= 4 is 39.7 Å². The van der Waals surface area contributed by atoms with Crippen LogP contribution in [0.3, 0.4) is 0 Å². The number of methoxy groups -OCH3 is 2. The highest BCUT2D eigenvalue weighted by Gasteiger charge is 2.20. The van der Waals surface area contributed by atoms with E-state index in [0.717, 1.165) is 14.2 Å². The van der Waals surface area contributed by atoms with Gasteiger partial charge in [0, 0.05) is 5.02 Å². The molecule has 0 amide bonds. The first kappa shape index (κ1) is 20.5. The summed E-state index contributed by atoms with van der Waals surface area (Å²) in [6.45, 7) is 0. The van der Waals surface area contributed by atoms with E-state index in [-0.39, 0.29) is 16.2 Å². The Morgan fingerprint density at radius 3 is 2.11 bits per heavy atom. The summed E-state index contributed by atoms with van der Waals surface area (Å²) in [6, 6.07) is 11.3. The number of benzene rings is 2. The molecule has 0 spiro atoms. The molecule has 0 aliphatic heterocycles. The van der Waals surface area contributed by atoms with E-state index in [1.165, 1.54) is 48.5 Å². The number of halogens is 1.